The van der Waals surface area contributed by atoms with Gasteiger partial charge in [0, 0.05) is 11.9 Å². The summed E-state index contributed by atoms with van der Waals surface area (Å²) in [6.45, 7) is 2.32. The molecule has 1 aromatic carbocycles. The molecule has 0 aliphatic rings. The van der Waals surface area contributed by atoms with E-state index in [-0.39, 0.29) is 6.10 Å². The first-order valence-electron chi connectivity index (χ1n) is 4.54. The van der Waals surface area contributed by atoms with Gasteiger partial charge in [0.1, 0.15) is 5.00 Å². The molecule has 0 radical (unpaired) electrons. The van der Waals surface area contributed by atoms with E-state index in [2.05, 4.69) is 9.69 Å². The lowest BCUT2D eigenvalue weighted by atomic mass is 10.2. The van der Waals surface area contributed by atoms with Crippen LogP contribution < -0.4 is 5.32 Å². The fourth-order valence-corrected chi connectivity index (χ4v) is 2.02. The van der Waals surface area contributed by atoms with Crippen LogP contribution in [0.4, 0.5) is 5.00 Å². The molecule has 0 spiro atoms. The van der Waals surface area contributed by atoms with Crippen molar-refractivity contribution in [1.82, 2.24) is 4.37 Å². The van der Waals surface area contributed by atoms with Gasteiger partial charge in [-0.15, -0.1) is 0 Å². The predicted molar refractivity (Wildman–Crippen MR) is 59.8 cm³/mol. The highest BCUT2D eigenvalue weighted by Gasteiger charge is 2.04. The second-order valence-corrected chi connectivity index (χ2v) is 4.03. The lowest BCUT2D eigenvalue weighted by Gasteiger charge is -2.05. The number of aliphatic hydroxyl groups excluding tert-OH is 1. The van der Waals surface area contributed by atoms with Gasteiger partial charge in [-0.05, 0) is 30.6 Å². The van der Waals surface area contributed by atoms with Gasteiger partial charge in [0.05, 0.1) is 11.6 Å². The second kappa shape index (κ2) is 3.94. The number of aliphatic hydroxyl groups is 1. The molecule has 2 N–H and O–H groups in total. The molecule has 4 heteroatoms. The predicted octanol–water partition coefficient (Wildman–Crippen LogP) is 2.09. The number of nitrogens with one attached hydrogen (secondary N) is 1. The molecule has 2 rings (SSSR count). The highest BCUT2D eigenvalue weighted by Crippen LogP contribution is 2.26. The molecule has 0 aliphatic carbocycles. The number of rotatable bonds is 3. The first-order valence-corrected chi connectivity index (χ1v) is 5.31. The Morgan fingerprint density at radius 2 is 2.29 bits per heavy atom. The summed E-state index contributed by atoms with van der Waals surface area (Å²) in [5, 5.41) is 14.5. The van der Waals surface area contributed by atoms with Crippen molar-refractivity contribution in [2.45, 2.75) is 13.0 Å². The van der Waals surface area contributed by atoms with Gasteiger partial charge in [0.15, 0.2) is 0 Å². The van der Waals surface area contributed by atoms with Gasteiger partial charge in [0.25, 0.3) is 0 Å². The minimum absolute atomic E-state index is 0.337. The second-order valence-electron chi connectivity index (χ2n) is 3.26. The van der Waals surface area contributed by atoms with E-state index in [1.54, 1.807) is 6.92 Å². The van der Waals surface area contributed by atoms with Crippen molar-refractivity contribution in [3.63, 3.8) is 0 Å². The average molecular weight is 208 g/mol. The van der Waals surface area contributed by atoms with E-state index in [1.165, 1.54) is 11.5 Å². The van der Waals surface area contributed by atoms with Crippen LogP contribution in [0.15, 0.2) is 24.3 Å². The van der Waals surface area contributed by atoms with E-state index in [1.807, 2.05) is 24.3 Å². The maximum absolute atomic E-state index is 9.14. The molecule has 74 valence electrons. The standard InChI is InChI=1S/C10H12N2OS/c1-7(13)6-11-10-8-4-2-3-5-9(8)12-14-10/h2-5,7,11,13H,6H2,1H3/t7-/m0/s1. The van der Waals surface area contributed by atoms with Crippen LogP contribution in [0, 0.1) is 0 Å². The number of hydrogen-bond acceptors (Lipinski definition) is 4. The van der Waals surface area contributed by atoms with Crippen LogP contribution in [0.3, 0.4) is 0 Å². The molecular weight excluding hydrogens is 196 g/mol. The van der Waals surface area contributed by atoms with Crippen molar-refractivity contribution in [3.8, 4) is 0 Å². The zero-order valence-electron chi connectivity index (χ0n) is 7.90. The molecule has 1 heterocycles. The molecule has 0 saturated heterocycles. The Balaban J connectivity index is 2.25. The number of nitrogens with zero attached hydrogens (tertiary/aromatic N) is 1. The van der Waals surface area contributed by atoms with Crippen LogP contribution in [-0.4, -0.2) is 22.1 Å². The summed E-state index contributed by atoms with van der Waals surface area (Å²) in [6, 6.07) is 7.98. The summed E-state index contributed by atoms with van der Waals surface area (Å²) in [4.78, 5) is 0. The van der Waals surface area contributed by atoms with E-state index in [9.17, 15) is 0 Å². The smallest absolute Gasteiger partial charge is 0.117 e. The normalized spacial score (nSPS) is 13.0. The molecule has 0 aliphatic heterocycles. The third-order valence-corrected chi connectivity index (χ3v) is 2.78. The van der Waals surface area contributed by atoms with Gasteiger partial charge in [0.2, 0.25) is 0 Å². The summed E-state index contributed by atoms with van der Waals surface area (Å²) in [7, 11) is 0. The number of aromatic nitrogens is 1. The van der Waals surface area contributed by atoms with Gasteiger partial charge in [-0.25, -0.2) is 0 Å². The first-order chi connectivity index (χ1) is 6.77. The molecule has 0 bridgehead atoms. The number of anilines is 1. The highest BCUT2D eigenvalue weighted by molar-refractivity contribution is 7.11. The van der Waals surface area contributed by atoms with Crippen LogP contribution in [0.5, 0.6) is 0 Å². The summed E-state index contributed by atoms with van der Waals surface area (Å²) in [5.74, 6) is 0. The molecule has 0 fully saturated rings. The summed E-state index contributed by atoms with van der Waals surface area (Å²) < 4.78 is 4.29. The van der Waals surface area contributed by atoms with Crippen LogP contribution >= 0.6 is 11.5 Å². The topological polar surface area (TPSA) is 45.1 Å². The molecule has 0 amide bonds. The van der Waals surface area contributed by atoms with Gasteiger partial charge < -0.3 is 10.4 Å². The van der Waals surface area contributed by atoms with Crippen LogP contribution in [-0.2, 0) is 0 Å². The van der Waals surface area contributed by atoms with E-state index in [4.69, 9.17) is 5.11 Å². The average Bonchev–Trinajstić information content (AvgIpc) is 2.58. The summed E-state index contributed by atoms with van der Waals surface area (Å²) in [6.07, 6.45) is -0.337. The van der Waals surface area contributed by atoms with Crippen molar-refractivity contribution in [1.29, 1.82) is 0 Å². The molecule has 1 aromatic heterocycles. The van der Waals surface area contributed by atoms with Gasteiger partial charge in [-0.2, -0.15) is 4.37 Å². The van der Waals surface area contributed by atoms with Gasteiger partial charge in [-0.1, -0.05) is 12.1 Å². The van der Waals surface area contributed by atoms with Crippen LogP contribution in [0.1, 0.15) is 6.92 Å². The SMILES string of the molecule is C[C@H](O)CNc1snc2ccccc12. The maximum atomic E-state index is 9.14. The molecule has 0 saturated carbocycles. The first kappa shape index (κ1) is 9.43. The quantitative estimate of drug-likeness (QED) is 0.811. The molecule has 3 nitrogen and oxygen atoms in total. The summed E-state index contributed by atoms with van der Waals surface area (Å²) in [5.41, 5.74) is 1.01. The Morgan fingerprint density at radius 1 is 1.50 bits per heavy atom. The van der Waals surface area contributed by atoms with E-state index >= 15 is 0 Å². The Labute approximate surface area is 86.6 Å². The molecule has 14 heavy (non-hydrogen) atoms. The molecule has 2 aromatic rings. The third kappa shape index (κ3) is 1.86. The lowest BCUT2D eigenvalue weighted by Crippen LogP contribution is -2.14. The number of hydrogen-bond donors (Lipinski definition) is 2. The van der Waals surface area contributed by atoms with Crippen molar-refractivity contribution in [3.05, 3.63) is 24.3 Å². The summed E-state index contributed by atoms with van der Waals surface area (Å²) >= 11 is 1.43. The minimum Gasteiger partial charge on any atom is -0.392 e. The monoisotopic (exact) mass is 208 g/mol. The van der Waals surface area contributed by atoms with E-state index in [0.29, 0.717) is 6.54 Å². The lowest BCUT2D eigenvalue weighted by molar-refractivity contribution is 0.208. The van der Waals surface area contributed by atoms with Crippen molar-refractivity contribution in [2.75, 3.05) is 11.9 Å². The Hall–Kier alpha value is -1.13. The Kier molecular flexibility index (Phi) is 2.65. The van der Waals surface area contributed by atoms with Gasteiger partial charge in [-0.3, -0.25) is 0 Å². The Bertz CT molecular complexity index is 425. The van der Waals surface area contributed by atoms with E-state index in [0.717, 1.165) is 15.9 Å². The minimum atomic E-state index is -0.337. The van der Waals surface area contributed by atoms with Crippen molar-refractivity contribution < 1.29 is 5.11 Å². The molecule has 1 atom stereocenters. The van der Waals surface area contributed by atoms with E-state index < -0.39 is 0 Å². The number of fused-ring (bicyclic) bond motifs is 1. The zero-order valence-corrected chi connectivity index (χ0v) is 8.71. The van der Waals surface area contributed by atoms with Crippen LogP contribution in [0.2, 0.25) is 0 Å². The maximum Gasteiger partial charge on any atom is 0.117 e. The van der Waals surface area contributed by atoms with Crippen LogP contribution in [0.25, 0.3) is 10.9 Å². The van der Waals surface area contributed by atoms with Gasteiger partial charge >= 0.3 is 0 Å². The fourth-order valence-electron chi connectivity index (χ4n) is 1.26. The highest BCUT2D eigenvalue weighted by atomic mass is 32.1. The Morgan fingerprint density at radius 3 is 3.07 bits per heavy atom. The largest absolute Gasteiger partial charge is 0.392 e. The molecule has 0 unspecified atom stereocenters. The zero-order chi connectivity index (χ0) is 9.97. The van der Waals surface area contributed by atoms with Crippen molar-refractivity contribution in [2.24, 2.45) is 0 Å². The number of benzene rings is 1. The molecular formula is C10H12N2OS. The third-order valence-electron chi connectivity index (χ3n) is 1.94. The van der Waals surface area contributed by atoms with Crippen molar-refractivity contribution >= 4 is 27.4 Å². The fraction of sp³-hybridized carbons (Fsp3) is 0.300.